The van der Waals surface area contributed by atoms with Gasteiger partial charge in [0.1, 0.15) is 0 Å². The predicted octanol–water partition coefficient (Wildman–Crippen LogP) is 5.14. The number of amides is 1. The van der Waals surface area contributed by atoms with Crippen molar-refractivity contribution in [1.29, 1.82) is 0 Å². The van der Waals surface area contributed by atoms with E-state index in [4.69, 9.17) is 4.74 Å². The number of benzene rings is 3. The summed E-state index contributed by atoms with van der Waals surface area (Å²) in [5.74, 6) is 0.0370. The Hall–Kier alpha value is -2.91. The summed E-state index contributed by atoms with van der Waals surface area (Å²) in [6.45, 7) is 2.60. The first-order valence-corrected chi connectivity index (χ1v) is 9.48. The van der Waals surface area contributed by atoms with E-state index >= 15 is 0 Å². The van der Waals surface area contributed by atoms with Gasteiger partial charge in [-0.1, -0.05) is 79.7 Å². The first-order valence-electron chi connectivity index (χ1n) is 9.48. The number of hydrogen-bond donors (Lipinski definition) is 0. The van der Waals surface area contributed by atoms with Crippen LogP contribution in [0, 0.1) is 0 Å². The SMILES string of the molecule is CCC12OCC(c3ccccc3)N1C(=O)c1ccccc1-c1ccccc12. The van der Waals surface area contributed by atoms with E-state index in [-0.39, 0.29) is 11.9 Å². The molecule has 0 spiro atoms. The fourth-order valence-corrected chi connectivity index (χ4v) is 4.60. The smallest absolute Gasteiger partial charge is 0.257 e. The van der Waals surface area contributed by atoms with Crippen molar-refractivity contribution in [3.63, 3.8) is 0 Å². The van der Waals surface area contributed by atoms with Crippen LogP contribution in [0.5, 0.6) is 0 Å². The van der Waals surface area contributed by atoms with Crippen LogP contribution < -0.4 is 0 Å². The number of carbonyl (C=O) groups is 1. The fourth-order valence-electron chi connectivity index (χ4n) is 4.60. The van der Waals surface area contributed by atoms with Crippen LogP contribution in [0.4, 0.5) is 0 Å². The number of carbonyl (C=O) groups excluding carboxylic acids is 1. The van der Waals surface area contributed by atoms with Crippen LogP contribution in [0.2, 0.25) is 0 Å². The number of nitrogens with zero attached hydrogens (tertiary/aromatic N) is 1. The Kier molecular flexibility index (Phi) is 3.66. The van der Waals surface area contributed by atoms with Crippen LogP contribution in [-0.4, -0.2) is 17.4 Å². The number of rotatable bonds is 2. The minimum atomic E-state index is -0.743. The lowest BCUT2D eigenvalue weighted by Gasteiger charge is -2.38. The summed E-state index contributed by atoms with van der Waals surface area (Å²) in [6, 6.07) is 26.3. The molecule has 1 saturated heterocycles. The van der Waals surface area contributed by atoms with E-state index < -0.39 is 5.72 Å². The quantitative estimate of drug-likeness (QED) is 0.637. The zero-order chi connectivity index (χ0) is 18.4. The highest BCUT2D eigenvalue weighted by Crippen LogP contribution is 2.51. The molecule has 3 heteroatoms. The third-order valence-corrected chi connectivity index (χ3v) is 5.86. The summed E-state index contributed by atoms with van der Waals surface area (Å²) < 4.78 is 6.47. The molecule has 5 rings (SSSR count). The lowest BCUT2D eigenvalue weighted by atomic mass is 9.90. The summed E-state index contributed by atoms with van der Waals surface area (Å²) in [5, 5.41) is 0. The van der Waals surface area contributed by atoms with Crippen molar-refractivity contribution in [2.75, 3.05) is 6.61 Å². The van der Waals surface area contributed by atoms with E-state index in [1.807, 2.05) is 59.5 Å². The summed E-state index contributed by atoms with van der Waals surface area (Å²) in [7, 11) is 0. The molecule has 3 aromatic rings. The van der Waals surface area contributed by atoms with Gasteiger partial charge in [0, 0.05) is 11.1 Å². The molecule has 0 aromatic heterocycles. The Balaban J connectivity index is 1.80. The number of fused-ring (bicyclic) bond motifs is 5. The number of ether oxygens (including phenoxy) is 1. The first kappa shape index (κ1) is 16.3. The minimum Gasteiger partial charge on any atom is -0.349 e. The monoisotopic (exact) mass is 355 g/mol. The van der Waals surface area contributed by atoms with Gasteiger partial charge in [0.15, 0.2) is 5.72 Å². The molecule has 1 fully saturated rings. The van der Waals surface area contributed by atoms with Crippen LogP contribution in [0.3, 0.4) is 0 Å². The van der Waals surface area contributed by atoms with E-state index in [0.717, 1.165) is 27.8 Å². The zero-order valence-electron chi connectivity index (χ0n) is 15.3. The normalized spacial score (nSPS) is 23.4. The van der Waals surface area contributed by atoms with Gasteiger partial charge in [0.05, 0.1) is 12.6 Å². The highest BCUT2D eigenvalue weighted by Gasteiger charge is 2.53. The Morgan fingerprint density at radius 3 is 2.26 bits per heavy atom. The molecular formula is C24H21NO2. The summed E-state index contributed by atoms with van der Waals surface area (Å²) in [6.07, 6.45) is 0.701. The maximum Gasteiger partial charge on any atom is 0.257 e. The Morgan fingerprint density at radius 1 is 0.889 bits per heavy atom. The summed E-state index contributed by atoms with van der Waals surface area (Å²) >= 11 is 0. The average Bonchev–Trinajstić information content (AvgIpc) is 3.11. The lowest BCUT2D eigenvalue weighted by Crippen LogP contribution is -2.45. The predicted molar refractivity (Wildman–Crippen MR) is 105 cm³/mol. The van der Waals surface area contributed by atoms with Crippen molar-refractivity contribution < 1.29 is 9.53 Å². The molecule has 2 aliphatic rings. The van der Waals surface area contributed by atoms with Gasteiger partial charge in [-0.05, 0) is 29.2 Å². The summed E-state index contributed by atoms with van der Waals surface area (Å²) in [4.78, 5) is 15.8. The molecule has 0 aliphatic carbocycles. The molecule has 27 heavy (non-hydrogen) atoms. The van der Waals surface area contributed by atoms with Crippen LogP contribution in [0.1, 0.15) is 40.9 Å². The van der Waals surface area contributed by atoms with E-state index in [1.165, 1.54) is 0 Å². The second-order valence-electron chi connectivity index (χ2n) is 7.14. The standard InChI is InChI=1S/C24H21NO2/c1-2-24-21-15-9-8-13-19(21)18-12-6-7-14-20(18)23(26)25(24)22(16-27-24)17-10-4-3-5-11-17/h3-15,22H,2,16H2,1H3. The second-order valence-corrected chi connectivity index (χ2v) is 7.14. The third-order valence-electron chi connectivity index (χ3n) is 5.86. The average molecular weight is 355 g/mol. The molecule has 2 atom stereocenters. The molecule has 2 heterocycles. The third kappa shape index (κ3) is 2.22. The molecule has 3 aromatic carbocycles. The van der Waals surface area contributed by atoms with Crippen molar-refractivity contribution >= 4 is 5.91 Å². The highest BCUT2D eigenvalue weighted by atomic mass is 16.5. The van der Waals surface area contributed by atoms with Gasteiger partial charge in [0.25, 0.3) is 5.91 Å². The minimum absolute atomic E-state index is 0.0370. The van der Waals surface area contributed by atoms with Crippen molar-refractivity contribution in [2.45, 2.75) is 25.1 Å². The molecule has 0 bridgehead atoms. The molecule has 3 nitrogen and oxygen atoms in total. The highest BCUT2D eigenvalue weighted by molar-refractivity contribution is 6.03. The fraction of sp³-hybridized carbons (Fsp3) is 0.208. The van der Waals surface area contributed by atoms with Crippen LogP contribution in [0.15, 0.2) is 78.9 Å². The van der Waals surface area contributed by atoms with Crippen molar-refractivity contribution in [3.8, 4) is 11.1 Å². The molecular weight excluding hydrogens is 334 g/mol. The summed E-state index contributed by atoms with van der Waals surface area (Å²) in [5.41, 5.74) is 4.25. The number of hydrogen-bond acceptors (Lipinski definition) is 2. The van der Waals surface area contributed by atoms with Gasteiger partial charge in [-0.25, -0.2) is 0 Å². The zero-order valence-corrected chi connectivity index (χ0v) is 15.3. The lowest BCUT2D eigenvalue weighted by molar-refractivity contribution is -0.0781. The molecule has 2 aliphatic heterocycles. The Bertz CT molecular complexity index is 1010. The van der Waals surface area contributed by atoms with Gasteiger partial charge in [-0.2, -0.15) is 0 Å². The Labute approximate surface area is 159 Å². The van der Waals surface area contributed by atoms with E-state index in [0.29, 0.717) is 13.0 Å². The van der Waals surface area contributed by atoms with Gasteiger partial charge in [-0.15, -0.1) is 0 Å². The van der Waals surface area contributed by atoms with E-state index in [2.05, 4.69) is 31.2 Å². The molecule has 0 saturated carbocycles. The molecule has 0 radical (unpaired) electrons. The maximum atomic E-state index is 13.8. The Morgan fingerprint density at radius 2 is 1.52 bits per heavy atom. The molecule has 2 unspecified atom stereocenters. The molecule has 0 N–H and O–H groups in total. The topological polar surface area (TPSA) is 29.5 Å². The maximum absolute atomic E-state index is 13.8. The van der Waals surface area contributed by atoms with Crippen LogP contribution in [-0.2, 0) is 10.5 Å². The second kappa shape index (κ2) is 6.07. The van der Waals surface area contributed by atoms with Crippen LogP contribution >= 0.6 is 0 Å². The first-order chi connectivity index (χ1) is 13.3. The van der Waals surface area contributed by atoms with Crippen molar-refractivity contribution in [1.82, 2.24) is 4.90 Å². The molecule has 1 amide bonds. The largest absolute Gasteiger partial charge is 0.349 e. The van der Waals surface area contributed by atoms with E-state index in [9.17, 15) is 4.79 Å². The van der Waals surface area contributed by atoms with Gasteiger partial charge in [0.2, 0.25) is 0 Å². The van der Waals surface area contributed by atoms with Gasteiger partial charge < -0.3 is 4.74 Å². The van der Waals surface area contributed by atoms with Crippen molar-refractivity contribution in [3.05, 3.63) is 95.6 Å². The van der Waals surface area contributed by atoms with Crippen LogP contribution in [0.25, 0.3) is 11.1 Å². The van der Waals surface area contributed by atoms with E-state index in [1.54, 1.807) is 0 Å². The van der Waals surface area contributed by atoms with Gasteiger partial charge in [-0.3, -0.25) is 9.69 Å². The molecule has 134 valence electrons. The van der Waals surface area contributed by atoms with Crippen molar-refractivity contribution in [2.24, 2.45) is 0 Å². The van der Waals surface area contributed by atoms with Gasteiger partial charge >= 0.3 is 0 Å².